The third-order valence-electron chi connectivity index (χ3n) is 3.63. The number of hydrazone groups is 1. The van der Waals surface area contributed by atoms with E-state index in [-0.39, 0.29) is 35.0 Å². The zero-order chi connectivity index (χ0) is 21.0. The first-order chi connectivity index (χ1) is 13.8. The molecule has 13 heteroatoms. The SMILES string of the molecule is O=C(N/N=C\c1cc([N+](=O)[O-])ccc1O)c1ccc(Cn2cc([N+](=O)[O-])cn2)o1. The fourth-order valence-electron chi connectivity index (χ4n) is 2.25. The molecule has 2 heterocycles. The van der Waals surface area contributed by atoms with Crippen molar-refractivity contribution >= 4 is 23.5 Å². The summed E-state index contributed by atoms with van der Waals surface area (Å²) in [6.07, 6.45) is 3.36. The molecule has 0 aliphatic carbocycles. The van der Waals surface area contributed by atoms with Gasteiger partial charge in [-0.2, -0.15) is 10.2 Å². The lowest BCUT2D eigenvalue weighted by Crippen LogP contribution is -2.16. The molecule has 0 fully saturated rings. The van der Waals surface area contributed by atoms with E-state index in [1.807, 2.05) is 0 Å². The lowest BCUT2D eigenvalue weighted by molar-refractivity contribution is -0.385. The van der Waals surface area contributed by atoms with E-state index in [9.17, 15) is 30.1 Å². The standard InChI is InChI=1S/C16H12N6O7/c23-14-3-1-11(21(25)26)5-10(14)6-17-19-16(24)15-4-2-13(29-15)9-20-8-12(7-18-20)22(27)28/h1-8,23H,9H2,(H,19,24)/b17-6-. The number of non-ortho nitro benzene ring substituents is 1. The number of aromatic hydroxyl groups is 1. The average Bonchev–Trinajstić information content (AvgIpc) is 3.33. The maximum Gasteiger partial charge on any atom is 0.307 e. The summed E-state index contributed by atoms with van der Waals surface area (Å²) in [7, 11) is 0. The Bertz CT molecular complexity index is 1120. The van der Waals surface area contributed by atoms with Gasteiger partial charge in [-0.3, -0.25) is 29.7 Å². The molecule has 1 aromatic carbocycles. The van der Waals surface area contributed by atoms with Crippen molar-refractivity contribution in [3.63, 3.8) is 0 Å². The van der Waals surface area contributed by atoms with Crippen molar-refractivity contribution in [2.45, 2.75) is 6.54 Å². The van der Waals surface area contributed by atoms with Gasteiger partial charge in [-0.1, -0.05) is 0 Å². The van der Waals surface area contributed by atoms with Crippen LogP contribution in [0.5, 0.6) is 5.75 Å². The number of benzene rings is 1. The molecule has 2 aromatic heterocycles. The van der Waals surface area contributed by atoms with Gasteiger partial charge in [0.2, 0.25) is 0 Å². The second kappa shape index (κ2) is 7.99. The summed E-state index contributed by atoms with van der Waals surface area (Å²) in [6, 6.07) is 6.24. The molecule has 0 spiro atoms. The van der Waals surface area contributed by atoms with Gasteiger partial charge in [-0.15, -0.1) is 0 Å². The van der Waals surface area contributed by atoms with Crippen LogP contribution in [-0.4, -0.2) is 36.9 Å². The van der Waals surface area contributed by atoms with E-state index < -0.39 is 15.8 Å². The summed E-state index contributed by atoms with van der Waals surface area (Å²) in [5.41, 5.74) is 1.79. The predicted octanol–water partition coefficient (Wildman–Crippen LogP) is 1.81. The Hall–Kier alpha value is -4.55. The summed E-state index contributed by atoms with van der Waals surface area (Å²) in [5.74, 6) is -0.707. The van der Waals surface area contributed by atoms with E-state index in [0.717, 1.165) is 30.6 Å². The zero-order valence-electron chi connectivity index (χ0n) is 14.5. The largest absolute Gasteiger partial charge is 0.507 e. The normalized spacial score (nSPS) is 10.9. The zero-order valence-corrected chi connectivity index (χ0v) is 14.5. The monoisotopic (exact) mass is 400 g/mol. The molecule has 29 heavy (non-hydrogen) atoms. The average molecular weight is 400 g/mol. The van der Waals surface area contributed by atoms with Gasteiger partial charge < -0.3 is 9.52 Å². The number of hydrogen-bond donors (Lipinski definition) is 2. The summed E-state index contributed by atoms with van der Waals surface area (Å²) < 4.78 is 6.62. The Morgan fingerprint density at radius 1 is 1.24 bits per heavy atom. The molecule has 0 aliphatic heterocycles. The number of furan rings is 1. The van der Waals surface area contributed by atoms with Crippen LogP contribution in [0.2, 0.25) is 0 Å². The number of aromatic nitrogens is 2. The maximum absolute atomic E-state index is 12.1. The Balaban J connectivity index is 1.63. The highest BCUT2D eigenvalue weighted by Gasteiger charge is 2.14. The van der Waals surface area contributed by atoms with Crippen molar-refractivity contribution in [2.24, 2.45) is 5.10 Å². The molecule has 0 unspecified atom stereocenters. The van der Waals surface area contributed by atoms with Crippen LogP contribution >= 0.6 is 0 Å². The van der Waals surface area contributed by atoms with Crippen LogP contribution in [0, 0.1) is 20.2 Å². The Kier molecular flexibility index (Phi) is 5.30. The smallest absolute Gasteiger partial charge is 0.307 e. The van der Waals surface area contributed by atoms with Crippen molar-refractivity contribution in [3.05, 3.63) is 80.0 Å². The number of carbonyl (C=O) groups excluding carboxylic acids is 1. The molecule has 0 radical (unpaired) electrons. The van der Waals surface area contributed by atoms with Crippen molar-refractivity contribution < 1.29 is 24.2 Å². The second-order valence-corrected chi connectivity index (χ2v) is 5.62. The van der Waals surface area contributed by atoms with Crippen LogP contribution in [0.4, 0.5) is 11.4 Å². The lowest BCUT2D eigenvalue weighted by Gasteiger charge is -1.99. The van der Waals surface area contributed by atoms with Crippen LogP contribution < -0.4 is 5.43 Å². The van der Waals surface area contributed by atoms with Gasteiger partial charge in [0.15, 0.2) is 5.76 Å². The van der Waals surface area contributed by atoms with E-state index in [4.69, 9.17) is 4.42 Å². The second-order valence-electron chi connectivity index (χ2n) is 5.62. The summed E-state index contributed by atoms with van der Waals surface area (Å²) in [4.78, 5) is 32.2. The number of nitro benzene ring substituents is 1. The van der Waals surface area contributed by atoms with Gasteiger partial charge in [-0.25, -0.2) is 5.43 Å². The number of nitrogens with zero attached hydrogens (tertiary/aromatic N) is 5. The number of rotatable bonds is 7. The number of carbonyl (C=O) groups is 1. The molecular formula is C16H12N6O7. The van der Waals surface area contributed by atoms with Crippen LogP contribution in [-0.2, 0) is 6.54 Å². The number of hydrogen-bond acceptors (Lipinski definition) is 9. The summed E-state index contributed by atoms with van der Waals surface area (Å²) in [6.45, 7) is 0.0753. The molecule has 3 rings (SSSR count). The van der Waals surface area contributed by atoms with Crippen molar-refractivity contribution in [3.8, 4) is 5.75 Å². The van der Waals surface area contributed by atoms with Gasteiger partial charge >= 0.3 is 11.6 Å². The third kappa shape index (κ3) is 4.60. The minimum absolute atomic E-state index is 0.0416. The lowest BCUT2D eigenvalue weighted by atomic mass is 10.2. The van der Waals surface area contributed by atoms with Crippen molar-refractivity contribution in [2.75, 3.05) is 0 Å². The Morgan fingerprint density at radius 3 is 2.69 bits per heavy atom. The first-order valence-corrected chi connectivity index (χ1v) is 7.90. The molecule has 0 bridgehead atoms. The number of phenols is 1. The molecule has 0 atom stereocenters. The van der Waals surface area contributed by atoms with Gasteiger partial charge in [-0.05, 0) is 18.2 Å². The topological polar surface area (TPSA) is 179 Å². The van der Waals surface area contributed by atoms with E-state index in [1.54, 1.807) is 0 Å². The molecule has 148 valence electrons. The first kappa shape index (κ1) is 19.2. The van der Waals surface area contributed by atoms with Gasteiger partial charge in [0.25, 0.3) is 5.69 Å². The quantitative estimate of drug-likeness (QED) is 0.342. The number of nitrogens with one attached hydrogen (secondary N) is 1. The number of nitro groups is 2. The van der Waals surface area contributed by atoms with Gasteiger partial charge in [0.05, 0.1) is 22.6 Å². The molecule has 2 N–H and O–H groups in total. The number of amides is 1. The molecule has 0 saturated carbocycles. The molecule has 13 nitrogen and oxygen atoms in total. The molecular weight excluding hydrogens is 388 g/mol. The van der Waals surface area contributed by atoms with Crippen molar-refractivity contribution in [1.29, 1.82) is 0 Å². The maximum atomic E-state index is 12.1. The fraction of sp³-hybridized carbons (Fsp3) is 0.0625. The summed E-state index contributed by atoms with van der Waals surface area (Å²) in [5, 5.41) is 38.5. The Morgan fingerprint density at radius 2 is 2.00 bits per heavy atom. The van der Waals surface area contributed by atoms with Crippen LogP contribution in [0.15, 0.2) is 52.2 Å². The summed E-state index contributed by atoms with van der Waals surface area (Å²) >= 11 is 0. The third-order valence-corrected chi connectivity index (χ3v) is 3.63. The predicted molar refractivity (Wildman–Crippen MR) is 96.5 cm³/mol. The highest BCUT2D eigenvalue weighted by molar-refractivity contribution is 5.92. The molecule has 1 amide bonds. The fourth-order valence-corrected chi connectivity index (χ4v) is 2.25. The van der Waals surface area contributed by atoms with Crippen molar-refractivity contribution in [1.82, 2.24) is 15.2 Å². The minimum atomic E-state index is -0.705. The van der Waals surface area contributed by atoms with E-state index in [2.05, 4.69) is 15.6 Å². The van der Waals surface area contributed by atoms with Crippen LogP contribution in [0.1, 0.15) is 21.9 Å². The minimum Gasteiger partial charge on any atom is -0.507 e. The van der Waals surface area contributed by atoms with Gasteiger partial charge in [0.1, 0.15) is 23.9 Å². The van der Waals surface area contributed by atoms with E-state index in [1.165, 1.54) is 23.0 Å². The molecule has 0 saturated heterocycles. The van der Waals surface area contributed by atoms with Gasteiger partial charge in [0, 0.05) is 17.7 Å². The highest BCUT2D eigenvalue weighted by atomic mass is 16.6. The first-order valence-electron chi connectivity index (χ1n) is 7.90. The molecule has 3 aromatic rings. The van der Waals surface area contributed by atoms with Crippen LogP contribution in [0.3, 0.4) is 0 Å². The molecule has 0 aliphatic rings. The van der Waals surface area contributed by atoms with E-state index >= 15 is 0 Å². The highest BCUT2D eigenvalue weighted by Crippen LogP contribution is 2.21. The van der Waals surface area contributed by atoms with Crippen LogP contribution in [0.25, 0.3) is 0 Å². The Labute approximate surface area is 161 Å². The number of phenolic OH excluding ortho intramolecular Hbond substituents is 1. The van der Waals surface area contributed by atoms with E-state index in [0.29, 0.717) is 5.76 Å².